The maximum atomic E-state index is 12.7. The molecule has 24 heavy (non-hydrogen) atoms. The number of fused-ring (bicyclic) bond motifs is 1. The van der Waals surface area contributed by atoms with E-state index in [1.807, 2.05) is 32.0 Å². The fourth-order valence-electron chi connectivity index (χ4n) is 2.68. The second kappa shape index (κ2) is 6.55. The van der Waals surface area contributed by atoms with Crippen LogP contribution in [0.3, 0.4) is 0 Å². The summed E-state index contributed by atoms with van der Waals surface area (Å²) in [6, 6.07) is 5.62. The van der Waals surface area contributed by atoms with E-state index in [0.717, 1.165) is 17.1 Å². The molecule has 0 saturated heterocycles. The number of benzene rings is 1. The summed E-state index contributed by atoms with van der Waals surface area (Å²) in [5.41, 5.74) is 1.60. The molecule has 0 radical (unpaired) electrons. The molecule has 1 aromatic heterocycles. The van der Waals surface area contributed by atoms with Crippen molar-refractivity contribution in [2.24, 2.45) is 0 Å². The maximum Gasteiger partial charge on any atom is 0.291 e. The van der Waals surface area contributed by atoms with Gasteiger partial charge in [-0.2, -0.15) is 0 Å². The molecule has 2 aromatic rings. The lowest BCUT2D eigenvalue weighted by molar-refractivity contribution is 0.0707. The highest BCUT2D eigenvalue weighted by Crippen LogP contribution is 2.34. The third-order valence-electron chi connectivity index (χ3n) is 4.29. The topological polar surface area (TPSA) is 64.8 Å². The summed E-state index contributed by atoms with van der Waals surface area (Å²) in [5.74, 6) is 2.16. The van der Waals surface area contributed by atoms with Crippen molar-refractivity contribution >= 4 is 5.91 Å². The summed E-state index contributed by atoms with van der Waals surface area (Å²) in [7, 11) is 1.76. The minimum absolute atomic E-state index is 0.136. The number of oxazole rings is 1. The minimum Gasteiger partial charge on any atom is -0.486 e. The Balaban J connectivity index is 1.82. The summed E-state index contributed by atoms with van der Waals surface area (Å²) in [6.45, 7) is 6.80. The molecule has 1 aromatic carbocycles. The molecule has 6 heteroatoms. The van der Waals surface area contributed by atoms with Crippen LogP contribution in [0.2, 0.25) is 0 Å². The Hall–Kier alpha value is -2.50. The summed E-state index contributed by atoms with van der Waals surface area (Å²) < 4.78 is 16.7. The van der Waals surface area contributed by atoms with Crippen LogP contribution in [0.15, 0.2) is 22.6 Å². The van der Waals surface area contributed by atoms with Gasteiger partial charge in [0.25, 0.3) is 5.91 Å². The van der Waals surface area contributed by atoms with Crippen LogP contribution in [0.1, 0.15) is 47.6 Å². The molecule has 0 bridgehead atoms. The normalized spacial score (nSPS) is 14.3. The monoisotopic (exact) mass is 330 g/mol. The summed E-state index contributed by atoms with van der Waals surface area (Å²) in [5, 5.41) is 0. The lowest BCUT2D eigenvalue weighted by Crippen LogP contribution is -2.30. The van der Waals surface area contributed by atoms with Crippen LogP contribution in [0.5, 0.6) is 11.5 Å². The molecule has 0 unspecified atom stereocenters. The van der Waals surface area contributed by atoms with E-state index in [-0.39, 0.29) is 11.9 Å². The van der Waals surface area contributed by atoms with Gasteiger partial charge in [0.15, 0.2) is 17.4 Å². The van der Waals surface area contributed by atoms with Crippen molar-refractivity contribution in [3.8, 4) is 11.5 Å². The van der Waals surface area contributed by atoms with Crippen molar-refractivity contribution in [1.29, 1.82) is 0 Å². The van der Waals surface area contributed by atoms with E-state index in [2.05, 4.69) is 4.98 Å². The van der Waals surface area contributed by atoms with Crippen molar-refractivity contribution in [2.45, 2.75) is 33.2 Å². The van der Waals surface area contributed by atoms with Gasteiger partial charge < -0.3 is 18.8 Å². The average Bonchev–Trinajstić information content (AvgIpc) is 3.00. The van der Waals surface area contributed by atoms with Gasteiger partial charge in [-0.05, 0) is 31.5 Å². The molecule has 0 saturated carbocycles. The molecule has 2 heterocycles. The highest BCUT2D eigenvalue weighted by Gasteiger charge is 2.25. The lowest BCUT2D eigenvalue weighted by Gasteiger charge is -2.26. The number of carbonyl (C=O) groups is 1. The number of ether oxygens (including phenoxy) is 2. The number of aryl methyl sites for hydroxylation is 2. The second-order valence-corrected chi connectivity index (χ2v) is 5.87. The fraction of sp³-hybridized carbons (Fsp3) is 0.444. The third-order valence-corrected chi connectivity index (χ3v) is 4.29. The Morgan fingerprint density at radius 1 is 1.29 bits per heavy atom. The van der Waals surface area contributed by atoms with Gasteiger partial charge in [0, 0.05) is 13.5 Å². The zero-order valence-electron chi connectivity index (χ0n) is 14.5. The Kier molecular flexibility index (Phi) is 4.46. The number of rotatable bonds is 4. The van der Waals surface area contributed by atoms with E-state index in [9.17, 15) is 4.79 Å². The molecule has 0 fully saturated rings. The fourth-order valence-corrected chi connectivity index (χ4v) is 2.68. The van der Waals surface area contributed by atoms with E-state index in [1.165, 1.54) is 0 Å². The van der Waals surface area contributed by atoms with Gasteiger partial charge in [-0.1, -0.05) is 13.0 Å². The van der Waals surface area contributed by atoms with Crippen molar-refractivity contribution in [1.82, 2.24) is 9.88 Å². The van der Waals surface area contributed by atoms with Crippen LogP contribution in [0.25, 0.3) is 0 Å². The molecule has 0 aliphatic carbocycles. The van der Waals surface area contributed by atoms with Gasteiger partial charge in [-0.3, -0.25) is 4.79 Å². The molecular formula is C18H22N2O4. The minimum atomic E-state index is -0.179. The van der Waals surface area contributed by atoms with Crippen molar-refractivity contribution in [3.05, 3.63) is 41.1 Å². The predicted octanol–water partition coefficient (Wildman–Crippen LogP) is 3.15. The van der Waals surface area contributed by atoms with E-state index >= 15 is 0 Å². The number of carbonyl (C=O) groups excluding carboxylic acids is 1. The Morgan fingerprint density at radius 3 is 2.67 bits per heavy atom. The maximum absolute atomic E-state index is 12.7. The first-order chi connectivity index (χ1) is 11.5. The zero-order chi connectivity index (χ0) is 17.3. The van der Waals surface area contributed by atoms with Gasteiger partial charge in [0.05, 0.1) is 11.7 Å². The largest absolute Gasteiger partial charge is 0.486 e. The Bertz CT molecular complexity index is 753. The van der Waals surface area contributed by atoms with E-state index in [1.54, 1.807) is 18.9 Å². The first kappa shape index (κ1) is 16.4. The van der Waals surface area contributed by atoms with Crippen LogP contribution < -0.4 is 9.47 Å². The van der Waals surface area contributed by atoms with Gasteiger partial charge in [0.2, 0.25) is 5.76 Å². The molecule has 6 nitrogen and oxygen atoms in total. The number of hydrogen-bond donors (Lipinski definition) is 0. The quantitative estimate of drug-likeness (QED) is 0.861. The summed E-state index contributed by atoms with van der Waals surface area (Å²) in [4.78, 5) is 18.7. The third kappa shape index (κ3) is 2.96. The molecule has 0 spiro atoms. The highest BCUT2D eigenvalue weighted by molar-refractivity contribution is 5.92. The van der Waals surface area contributed by atoms with Gasteiger partial charge in [-0.25, -0.2) is 4.98 Å². The standard InChI is InChI=1S/C18H22N2O4/c1-5-16-19-11(2)17(24-16)18(21)20(4)12(3)13-6-7-14-15(10-13)23-9-8-22-14/h6-7,10,12H,5,8-9H2,1-4H3/t12-/m1/s1. The molecule has 1 amide bonds. The number of aromatic nitrogens is 1. The van der Waals surface area contributed by atoms with Crippen molar-refractivity contribution < 1.29 is 18.7 Å². The van der Waals surface area contributed by atoms with Gasteiger partial charge in [-0.15, -0.1) is 0 Å². The molecule has 1 atom stereocenters. The van der Waals surface area contributed by atoms with Crippen LogP contribution in [0, 0.1) is 6.92 Å². The highest BCUT2D eigenvalue weighted by atomic mass is 16.6. The average molecular weight is 330 g/mol. The van der Waals surface area contributed by atoms with Crippen molar-refractivity contribution in [2.75, 3.05) is 20.3 Å². The molecule has 1 aliphatic heterocycles. The zero-order valence-corrected chi connectivity index (χ0v) is 14.5. The number of nitrogens with zero attached hydrogens (tertiary/aromatic N) is 2. The first-order valence-corrected chi connectivity index (χ1v) is 8.14. The van der Waals surface area contributed by atoms with Crippen LogP contribution >= 0.6 is 0 Å². The van der Waals surface area contributed by atoms with E-state index in [0.29, 0.717) is 37.0 Å². The van der Waals surface area contributed by atoms with E-state index in [4.69, 9.17) is 13.9 Å². The van der Waals surface area contributed by atoms with Gasteiger partial charge in [0.1, 0.15) is 13.2 Å². The lowest BCUT2D eigenvalue weighted by atomic mass is 10.1. The van der Waals surface area contributed by atoms with Crippen LogP contribution in [-0.2, 0) is 6.42 Å². The Labute approximate surface area is 141 Å². The van der Waals surface area contributed by atoms with Crippen molar-refractivity contribution in [3.63, 3.8) is 0 Å². The molecule has 3 rings (SSSR count). The first-order valence-electron chi connectivity index (χ1n) is 8.14. The molecule has 1 aliphatic rings. The summed E-state index contributed by atoms with van der Waals surface area (Å²) in [6.07, 6.45) is 0.662. The smallest absolute Gasteiger partial charge is 0.291 e. The van der Waals surface area contributed by atoms with E-state index < -0.39 is 0 Å². The molecule has 0 N–H and O–H groups in total. The molecular weight excluding hydrogens is 308 g/mol. The SMILES string of the molecule is CCc1nc(C)c(C(=O)N(C)[C@H](C)c2ccc3c(c2)OCCO3)o1. The number of amides is 1. The van der Waals surface area contributed by atoms with Crippen LogP contribution in [-0.4, -0.2) is 36.1 Å². The second-order valence-electron chi connectivity index (χ2n) is 5.87. The van der Waals surface area contributed by atoms with Gasteiger partial charge >= 0.3 is 0 Å². The van der Waals surface area contributed by atoms with Crippen LogP contribution in [0.4, 0.5) is 0 Å². The summed E-state index contributed by atoms with van der Waals surface area (Å²) >= 11 is 0. The molecule has 128 valence electrons. The number of hydrogen-bond acceptors (Lipinski definition) is 5. The Morgan fingerprint density at radius 2 is 2.00 bits per heavy atom. The predicted molar refractivity (Wildman–Crippen MR) is 88.6 cm³/mol.